The normalized spacial score (nSPS) is 13.2. The second-order valence-electron chi connectivity index (χ2n) is 5.06. The van der Waals surface area contributed by atoms with Crippen molar-refractivity contribution in [3.8, 4) is 0 Å². The third-order valence-corrected chi connectivity index (χ3v) is 5.15. The van der Waals surface area contributed by atoms with Gasteiger partial charge in [0.05, 0.1) is 12.4 Å². The summed E-state index contributed by atoms with van der Waals surface area (Å²) in [7, 11) is 0. The number of nitrogens with zero attached hydrogens (tertiary/aromatic N) is 2. The summed E-state index contributed by atoms with van der Waals surface area (Å²) in [6, 6.07) is 0. The Morgan fingerprint density at radius 3 is 2.52 bits per heavy atom. The number of ether oxygens (including phenoxy) is 1. The molecule has 0 aliphatic heterocycles. The minimum atomic E-state index is -0.817. The van der Waals surface area contributed by atoms with E-state index >= 15 is 0 Å². The highest BCUT2D eigenvalue weighted by Gasteiger charge is 2.43. The van der Waals surface area contributed by atoms with E-state index < -0.39 is 5.41 Å². The lowest BCUT2D eigenvalue weighted by atomic mass is 9.82. The van der Waals surface area contributed by atoms with Crippen LogP contribution >= 0.6 is 11.8 Å². The Labute approximate surface area is 131 Å². The van der Waals surface area contributed by atoms with Crippen LogP contribution in [0.1, 0.15) is 65.6 Å². The van der Waals surface area contributed by atoms with Gasteiger partial charge in [-0.1, -0.05) is 32.9 Å². The van der Waals surface area contributed by atoms with Gasteiger partial charge in [0, 0.05) is 5.25 Å². The second kappa shape index (κ2) is 8.41. The van der Waals surface area contributed by atoms with Crippen LogP contribution in [-0.4, -0.2) is 28.0 Å². The van der Waals surface area contributed by atoms with Crippen LogP contribution < -0.4 is 0 Å². The number of esters is 1. The summed E-state index contributed by atoms with van der Waals surface area (Å²) in [5, 5.41) is 4.57. The van der Waals surface area contributed by atoms with Crippen molar-refractivity contribution in [2.45, 2.75) is 70.3 Å². The molecule has 1 aromatic heterocycles. The minimum Gasteiger partial charge on any atom is -0.465 e. The molecule has 6 heteroatoms. The highest BCUT2D eigenvalue weighted by atomic mass is 32.2. The number of aromatic nitrogens is 2. The maximum atomic E-state index is 12.3. The van der Waals surface area contributed by atoms with Crippen molar-refractivity contribution < 1.29 is 14.1 Å². The van der Waals surface area contributed by atoms with E-state index in [-0.39, 0.29) is 5.97 Å². The van der Waals surface area contributed by atoms with Crippen molar-refractivity contribution in [1.82, 2.24) is 10.1 Å². The van der Waals surface area contributed by atoms with Gasteiger partial charge in [0.1, 0.15) is 5.41 Å². The van der Waals surface area contributed by atoms with Crippen LogP contribution in [0.4, 0.5) is 0 Å². The lowest BCUT2D eigenvalue weighted by Gasteiger charge is -2.24. The molecule has 0 aliphatic carbocycles. The van der Waals surface area contributed by atoms with Crippen LogP contribution in [-0.2, 0) is 20.7 Å². The second-order valence-corrected chi connectivity index (χ2v) is 6.48. The zero-order valence-electron chi connectivity index (χ0n) is 13.6. The van der Waals surface area contributed by atoms with E-state index in [1.807, 2.05) is 13.8 Å². The molecule has 1 atom stereocenters. The van der Waals surface area contributed by atoms with Gasteiger partial charge < -0.3 is 9.26 Å². The summed E-state index contributed by atoms with van der Waals surface area (Å²) in [6.07, 6.45) is 2.27. The molecule has 0 aromatic carbocycles. The summed E-state index contributed by atoms with van der Waals surface area (Å²) in [6.45, 7) is 10.4. The SMILES string of the molecule is CCOC(=O)C(CC)(CC)c1nc(CSC(C)CC)no1. The highest BCUT2D eigenvalue weighted by molar-refractivity contribution is 7.99. The van der Waals surface area contributed by atoms with E-state index in [9.17, 15) is 4.79 Å². The zero-order chi connectivity index (χ0) is 15.9. The molecule has 21 heavy (non-hydrogen) atoms. The Bertz CT molecular complexity index is 444. The van der Waals surface area contributed by atoms with Gasteiger partial charge in [-0.2, -0.15) is 16.7 Å². The highest BCUT2D eigenvalue weighted by Crippen LogP contribution is 2.32. The van der Waals surface area contributed by atoms with Gasteiger partial charge in [-0.3, -0.25) is 4.79 Å². The summed E-state index contributed by atoms with van der Waals surface area (Å²) < 4.78 is 10.6. The van der Waals surface area contributed by atoms with Crippen LogP contribution in [0.25, 0.3) is 0 Å². The summed E-state index contributed by atoms with van der Waals surface area (Å²) in [4.78, 5) is 16.7. The monoisotopic (exact) mass is 314 g/mol. The molecule has 0 spiro atoms. The molecule has 0 amide bonds. The van der Waals surface area contributed by atoms with Crippen LogP contribution in [0.15, 0.2) is 4.52 Å². The number of thioether (sulfide) groups is 1. The Hall–Kier alpha value is -1.04. The molecular weight excluding hydrogens is 288 g/mol. The maximum absolute atomic E-state index is 12.3. The Balaban J connectivity index is 2.90. The van der Waals surface area contributed by atoms with Crippen molar-refractivity contribution in [1.29, 1.82) is 0 Å². The van der Waals surface area contributed by atoms with Crippen molar-refractivity contribution in [2.75, 3.05) is 6.61 Å². The Morgan fingerprint density at radius 1 is 1.33 bits per heavy atom. The molecule has 5 nitrogen and oxygen atoms in total. The summed E-state index contributed by atoms with van der Waals surface area (Å²) >= 11 is 1.79. The third kappa shape index (κ3) is 4.22. The van der Waals surface area contributed by atoms with Gasteiger partial charge in [0.15, 0.2) is 5.82 Å². The lowest BCUT2D eigenvalue weighted by molar-refractivity contribution is -0.151. The van der Waals surface area contributed by atoms with Crippen molar-refractivity contribution >= 4 is 17.7 Å². The third-order valence-electron chi connectivity index (χ3n) is 3.82. The van der Waals surface area contributed by atoms with Crippen LogP contribution in [0.2, 0.25) is 0 Å². The first-order chi connectivity index (χ1) is 10.0. The number of hydrogen-bond donors (Lipinski definition) is 0. The fraction of sp³-hybridized carbons (Fsp3) is 0.800. The first-order valence-electron chi connectivity index (χ1n) is 7.65. The fourth-order valence-corrected chi connectivity index (χ4v) is 2.83. The molecule has 0 saturated heterocycles. The first-order valence-corrected chi connectivity index (χ1v) is 8.70. The molecule has 0 fully saturated rings. The molecule has 0 radical (unpaired) electrons. The number of rotatable bonds is 9. The molecule has 1 unspecified atom stereocenters. The average Bonchev–Trinajstić information content (AvgIpc) is 2.96. The molecule has 1 aromatic rings. The zero-order valence-corrected chi connectivity index (χ0v) is 14.5. The molecular formula is C15H26N2O3S. The topological polar surface area (TPSA) is 65.2 Å². The van der Waals surface area contributed by atoms with Crippen LogP contribution in [0.5, 0.6) is 0 Å². The fourth-order valence-electron chi connectivity index (χ4n) is 2.04. The molecule has 1 rings (SSSR count). The number of hydrogen-bond acceptors (Lipinski definition) is 6. The van der Waals surface area contributed by atoms with E-state index in [1.54, 1.807) is 18.7 Å². The van der Waals surface area contributed by atoms with E-state index in [1.165, 1.54) is 0 Å². The molecule has 0 N–H and O–H groups in total. The maximum Gasteiger partial charge on any atom is 0.321 e. The van der Waals surface area contributed by atoms with Gasteiger partial charge in [-0.15, -0.1) is 0 Å². The van der Waals surface area contributed by atoms with E-state index in [4.69, 9.17) is 9.26 Å². The number of carbonyl (C=O) groups is 1. The van der Waals surface area contributed by atoms with Gasteiger partial charge in [-0.25, -0.2) is 0 Å². The van der Waals surface area contributed by atoms with E-state index in [0.717, 1.165) is 6.42 Å². The number of carbonyl (C=O) groups excluding carboxylic acids is 1. The largest absolute Gasteiger partial charge is 0.465 e. The van der Waals surface area contributed by atoms with Crippen LogP contribution in [0, 0.1) is 0 Å². The van der Waals surface area contributed by atoms with Gasteiger partial charge in [0.2, 0.25) is 5.89 Å². The van der Waals surface area contributed by atoms with Crippen molar-refractivity contribution in [3.05, 3.63) is 11.7 Å². The molecule has 0 bridgehead atoms. The van der Waals surface area contributed by atoms with Gasteiger partial charge >= 0.3 is 5.97 Å². The Morgan fingerprint density at radius 2 is 2.00 bits per heavy atom. The van der Waals surface area contributed by atoms with Crippen molar-refractivity contribution in [2.24, 2.45) is 0 Å². The smallest absolute Gasteiger partial charge is 0.321 e. The van der Waals surface area contributed by atoms with E-state index in [2.05, 4.69) is 24.0 Å². The summed E-state index contributed by atoms with van der Waals surface area (Å²) in [5.41, 5.74) is -0.817. The summed E-state index contributed by atoms with van der Waals surface area (Å²) in [5.74, 6) is 1.45. The predicted octanol–water partition coefficient (Wildman–Crippen LogP) is 3.72. The molecule has 0 saturated carbocycles. The minimum absolute atomic E-state index is 0.278. The standard InChI is InChI=1S/C15H26N2O3S/c1-6-11(5)21-10-12-16-13(20-17-12)15(7-2,8-3)14(18)19-9-4/h11H,6-10H2,1-5H3. The average molecular weight is 314 g/mol. The Kier molecular flexibility index (Phi) is 7.22. The van der Waals surface area contributed by atoms with Crippen molar-refractivity contribution in [3.63, 3.8) is 0 Å². The quantitative estimate of drug-likeness (QED) is 0.647. The lowest BCUT2D eigenvalue weighted by Crippen LogP contribution is -2.36. The molecule has 120 valence electrons. The van der Waals surface area contributed by atoms with E-state index in [0.29, 0.717) is 42.2 Å². The first kappa shape index (κ1) is 18.0. The van der Waals surface area contributed by atoms with Gasteiger partial charge in [0.25, 0.3) is 0 Å². The predicted molar refractivity (Wildman–Crippen MR) is 84.2 cm³/mol. The van der Waals surface area contributed by atoms with Gasteiger partial charge in [-0.05, 0) is 26.2 Å². The molecule has 1 heterocycles. The van der Waals surface area contributed by atoms with Crippen LogP contribution in [0.3, 0.4) is 0 Å². The molecule has 0 aliphatic rings.